The summed E-state index contributed by atoms with van der Waals surface area (Å²) in [5, 5.41) is 16.6. The van der Waals surface area contributed by atoms with E-state index in [1.54, 1.807) is 4.52 Å². The molecule has 0 aliphatic rings. The lowest BCUT2D eigenvalue weighted by Crippen LogP contribution is -2.14. The van der Waals surface area contributed by atoms with Crippen LogP contribution >= 0.6 is 11.3 Å². The summed E-state index contributed by atoms with van der Waals surface area (Å²) in [6.07, 6.45) is 0. The standard InChI is InChI=1S/C22H23N5OS/c1-13-12-16(20-26-27-14(2)24-25-21(27)29-20)8-11-18(13)23-19(28)15-6-9-17(10-7-15)22(3,4)5/h6-12H,1-5H3,(H,23,28). The quantitative estimate of drug-likeness (QED) is 0.519. The molecule has 2 aromatic carbocycles. The van der Waals surface area contributed by atoms with Crippen molar-refractivity contribution in [1.82, 2.24) is 19.8 Å². The van der Waals surface area contributed by atoms with Gasteiger partial charge in [0.25, 0.3) is 5.91 Å². The minimum Gasteiger partial charge on any atom is -0.322 e. The van der Waals surface area contributed by atoms with Crippen molar-refractivity contribution in [2.24, 2.45) is 0 Å². The highest BCUT2D eigenvalue weighted by molar-refractivity contribution is 7.19. The molecule has 0 aliphatic carbocycles. The molecule has 29 heavy (non-hydrogen) atoms. The molecular formula is C22H23N5OS. The fourth-order valence-electron chi connectivity index (χ4n) is 3.08. The van der Waals surface area contributed by atoms with Gasteiger partial charge in [-0.05, 0) is 60.7 Å². The second-order valence-corrected chi connectivity index (χ2v) is 9.12. The molecule has 1 amide bonds. The molecule has 0 atom stereocenters. The average Bonchev–Trinajstić information content (AvgIpc) is 3.25. The van der Waals surface area contributed by atoms with E-state index in [4.69, 9.17) is 0 Å². The summed E-state index contributed by atoms with van der Waals surface area (Å²) in [6, 6.07) is 13.7. The van der Waals surface area contributed by atoms with Gasteiger partial charge in [0.1, 0.15) is 5.01 Å². The maximum Gasteiger partial charge on any atom is 0.255 e. The Bertz CT molecular complexity index is 1200. The fraction of sp³-hybridized carbons (Fsp3) is 0.273. The van der Waals surface area contributed by atoms with Crippen molar-refractivity contribution >= 4 is 27.9 Å². The van der Waals surface area contributed by atoms with Crippen LogP contribution in [0.3, 0.4) is 0 Å². The Morgan fingerprint density at radius 3 is 2.38 bits per heavy atom. The highest BCUT2D eigenvalue weighted by Crippen LogP contribution is 2.29. The largest absolute Gasteiger partial charge is 0.322 e. The number of fused-ring (bicyclic) bond motifs is 1. The van der Waals surface area contributed by atoms with E-state index in [2.05, 4.69) is 41.4 Å². The normalized spacial score (nSPS) is 11.8. The summed E-state index contributed by atoms with van der Waals surface area (Å²) in [5.41, 5.74) is 4.67. The summed E-state index contributed by atoms with van der Waals surface area (Å²) in [6.45, 7) is 10.3. The van der Waals surface area contributed by atoms with Crippen LogP contribution < -0.4 is 5.32 Å². The van der Waals surface area contributed by atoms with Crippen LogP contribution in [0.25, 0.3) is 15.5 Å². The predicted molar refractivity (Wildman–Crippen MR) is 117 cm³/mol. The first-order chi connectivity index (χ1) is 13.7. The zero-order chi connectivity index (χ0) is 20.8. The lowest BCUT2D eigenvalue weighted by molar-refractivity contribution is 0.102. The molecule has 148 valence electrons. The smallest absolute Gasteiger partial charge is 0.255 e. The van der Waals surface area contributed by atoms with Gasteiger partial charge in [-0.3, -0.25) is 4.79 Å². The molecule has 2 aromatic heterocycles. The zero-order valence-electron chi connectivity index (χ0n) is 17.1. The lowest BCUT2D eigenvalue weighted by atomic mass is 9.86. The molecule has 0 saturated carbocycles. The van der Waals surface area contributed by atoms with Gasteiger partial charge in [-0.2, -0.15) is 9.61 Å². The number of nitrogens with zero attached hydrogens (tertiary/aromatic N) is 4. The average molecular weight is 406 g/mol. The number of hydrogen-bond donors (Lipinski definition) is 1. The molecule has 6 nitrogen and oxygen atoms in total. The van der Waals surface area contributed by atoms with Gasteiger partial charge in [0.2, 0.25) is 4.96 Å². The molecule has 0 aliphatic heterocycles. The van der Waals surface area contributed by atoms with Crippen LogP contribution in [0.4, 0.5) is 5.69 Å². The van der Waals surface area contributed by atoms with Crippen molar-refractivity contribution in [2.75, 3.05) is 5.32 Å². The first-order valence-electron chi connectivity index (χ1n) is 9.44. The van der Waals surface area contributed by atoms with Gasteiger partial charge in [-0.15, -0.1) is 10.2 Å². The van der Waals surface area contributed by atoms with Crippen molar-refractivity contribution < 1.29 is 4.79 Å². The number of anilines is 1. The van der Waals surface area contributed by atoms with Crippen molar-refractivity contribution in [3.05, 3.63) is 65.0 Å². The minimum absolute atomic E-state index is 0.0629. The maximum absolute atomic E-state index is 12.7. The Morgan fingerprint density at radius 2 is 1.76 bits per heavy atom. The van der Waals surface area contributed by atoms with E-state index < -0.39 is 0 Å². The van der Waals surface area contributed by atoms with Crippen LogP contribution in [-0.2, 0) is 5.41 Å². The molecule has 7 heteroatoms. The first-order valence-corrected chi connectivity index (χ1v) is 10.3. The van der Waals surface area contributed by atoms with E-state index in [1.165, 1.54) is 16.9 Å². The fourth-order valence-corrected chi connectivity index (χ4v) is 3.97. The minimum atomic E-state index is -0.115. The van der Waals surface area contributed by atoms with Crippen LogP contribution in [0.1, 0.15) is 48.1 Å². The van der Waals surface area contributed by atoms with E-state index in [-0.39, 0.29) is 11.3 Å². The first kappa shape index (κ1) is 19.3. The molecule has 0 fully saturated rings. The second-order valence-electron chi connectivity index (χ2n) is 8.16. The number of amides is 1. The van der Waals surface area contributed by atoms with Gasteiger partial charge >= 0.3 is 0 Å². The van der Waals surface area contributed by atoms with Gasteiger partial charge in [0.15, 0.2) is 5.82 Å². The molecule has 0 bridgehead atoms. The molecular weight excluding hydrogens is 382 g/mol. The summed E-state index contributed by atoms with van der Waals surface area (Å²) >= 11 is 1.49. The molecule has 1 N–H and O–H groups in total. The summed E-state index contributed by atoms with van der Waals surface area (Å²) in [7, 11) is 0. The van der Waals surface area contributed by atoms with Gasteiger partial charge in [0, 0.05) is 16.8 Å². The number of hydrogen-bond acceptors (Lipinski definition) is 5. The van der Waals surface area contributed by atoms with E-state index in [0.29, 0.717) is 5.56 Å². The Kier molecular flexibility index (Phi) is 4.70. The second kappa shape index (κ2) is 7.08. The van der Waals surface area contributed by atoms with Crippen molar-refractivity contribution in [3.8, 4) is 10.6 Å². The number of rotatable bonds is 3. The van der Waals surface area contributed by atoms with Crippen molar-refractivity contribution in [2.45, 2.75) is 40.0 Å². The number of benzene rings is 2. The third kappa shape index (κ3) is 3.78. The Morgan fingerprint density at radius 1 is 1.03 bits per heavy atom. The number of nitrogens with one attached hydrogen (secondary N) is 1. The zero-order valence-corrected chi connectivity index (χ0v) is 18.0. The molecule has 4 rings (SSSR count). The summed E-state index contributed by atoms with van der Waals surface area (Å²) in [4.78, 5) is 13.4. The topological polar surface area (TPSA) is 72.2 Å². The molecule has 0 spiro atoms. The maximum atomic E-state index is 12.7. The van der Waals surface area contributed by atoms with Gasteiger partial charge in [0.05, 0.1) is 0 Å². The predicted octanol–water partition coefficient (Wildman–Crippen LogP) is 5.02. The Hall–Kier alpha value is -3.06. The van der Waals surface area contributed by atoms with Gasteiger partial charge in [-0.25, -0.2) is 0 Å². The highest BCUT2D eigenvalue weighted by atomic mass is 32.1. The molecule has 4 aromatic rings. The molecule has 2 heterocycles. The van der Waals surface area contributed by atoms with Gasteiger partial charge < -0.3 is 5.32 Å². The van der Waals surface area contributed by atoms with Crippen LogP contribution in [0.2, 0.25) is 0 Å². The monoisotopic (exact) mass is 405 g/mol. The van der Waals surface area contributed by atoms with Crippen LogP contribution in [0, 0.1) is 13.8 Å². The Balaban J connectivity index is 1.54. The number of aryl methyl sites for hydroxylation is 2. The van der Waals surface area contributed by atoms with E-state index in [0.717, 1.165) is 32.6 Å². The van der Waals surface area contributed by atoms with E-state index in [1.807, 2.05) is 56.3 Å². The molecule has 0 radical (unpaired) electrons. The Labute approximate surface area is 173 Å². The number of carbonyl (C=O) groups excluding carboxylic acids is 1. The third-order valence-corrected chi connectivity index (χ3v) is 5.83. The van der Waals surface area contributed by atoms with E-state index >= 15 is 0 Å². The molecule has 0 saturated heterocycles. The van der Waals surface area contributed by atoms with Crippen LogP contribution in [0.5, 0.6) is 0 Å². The highest BCUT2D eigenvalue weighted by Gasteiger charge is 2.15. The number of aromatic nitrogens is 4. The molecule has 0 unspecified atom stereocenters. The van der Waals surface area contributed by atoms with Crippen LogP contribution in [0.15, 0.2) is 42.5 Å². The third-order valence-electron chi connectivity index (χ3n) is 4.88. The van der Waals surface area contributed by atoms with Crippen LogP contribution in [-0.4, -0.2) is 25.7 Å². The van der Waals surface area contributed by atoms with Crippen molar-refractivity contribution in [1.29, 1.82) is 0 Å². The summed E-state index contributed by atoms with van der Waals surface area (Å²) in [5.74, 6) is 0.649. The number of carbonyl (C=O) groups is 1. The van der Waals surface area contributed by atoms with Crippen molar-refractivity contribution in [3.63, 3.8) is 0 Å². The van der Waals surface area contributed by atoms with Gasteiger partial charge in [-0.1, -0.05) is 44.2 Å². The lowest BCUT2D eigenvalue weighted by Gasteiger charge is -2.19. The SMILES string of the molecule is Cc1cc(-c2nn3c(C)nnc3s2)ccc1NC(=O)c1ccc(C(C)(C)C)cc1. The summed E-state index contributed by atoms with van der Waals surface area (Å²) < 4.78 is 1.74. The van der Waals surface area contributed by atoms with E-state index in [9.17, 15) is 4.79 Å².